The Labute approximate surface area is 124 Å². The third-order valence-electron chi connectivity index (χ3n) is 3.65. The maximum absolute atomic E-state index is 14.1. The number of hydrogen-bond acceptors (Lipinski definition) is 3. The van der Waals surface area contributed by atoms with Crippen LogP contribution in [0.2, 0.25) is 0 Å². The highest BCUT2D eigenvalue weighted by molar-refractivity contribution is 5.92. The fourth-order valence-corrected chi connectivity index (χ4v) is 2.42. The van der Waals surface area contributed by atoms with E-state index < -0.39 is 5.97 Å². The van der Waals surface area contributed by atoms with E-state index in [0.717, 1.165) is 30.4 Å². The average Bonchev–Trinajstić information content (AvgIpc) is 2.43. The first kappa shape index (κ1) is 15.4. The third-order valence-corrected chi connectivity index (χ3v) is 3.65. The summed E-state index contributed by atoms with van der Waals surface area (Å²) in [5.41, 5.74) is 2.70. The van der Waals surface area contributed by atoms with Crippen LogP contribution in [0.25, 0.3) is 10.9 Å². The number of rotatable bonds is 4. The van der Waals surface area contributed by atoms with Crippen LogP contribution in [0.15, 0.2) is 12.1 Å². The van der Waals surface area contributed by atoms with E-state index in [-0.39, 0.29) is 11.3 Å². The maximum atomic E-state index is 14.1. The lowest BCUT2D eigenvalue weighted by molar-refractivity contribution is -0.131. The van der Waals surface area contributed by atoms with Crippen LogP contribution < -0.4 is 4.74 Å². The number of pyridine rings is 1. The molecule has 2 rings (SSSR count). The quantitative estimate of drug-likeness (QED) is 0.789. The van der Waals surface area contributed by atoms with E-state index in [1.54, 1.807) is 13.0 Å². The molecule has 2 aromatic rings. The molecule has 3 nitrogen and oxygen atoms in total. The fraction of sp³-hybridized carbons (Fsp3) is 0.412. The summed E-state index contributed by atoms with van der Waals surface area (Å²) < 4.78 is 19.5. The molecule has 0 saturated heterocycles. The topological polar surface area (TPSA) is 39.2 Å². The van der Waals surface area contributed by atoms with Gasteiger partial charge in [0, 0.05) is 23.6 Å². The second-order valence-electron chi connectivity index (χ2n) is 5.28. The molecular weight excluding hydrogens is 269 g/mol. The number of fused-ring (bicyclic) bond motifs is 1. The Morgan fingerprint density at radius 3 is 2.67 bits per heavy atom. The van der Waals surface area contributed by atoms with Crippen LogP contribution >= 0.6 is 0 Å². The molecular formula is C17H20FNO2. The van der Waals surface area contributed by atoms with E-state index in [9.17, 15) is 9.18 Å². The molecule has 0 saturated carbocycles. The van der Waals surface area contributed by atoms with Crippen molar-refractivity contribution in [2.45, 2.75) is 47.0 Å². The number of unbranched alkanes of at least 4 members (excludes halogenated alkanes) is 1. The van der Waals surface area contributed by atoms with Gasteiger partial charge in [0.15, 0.2) is 0 Å². The lowest BCUT2D eigenvalue weighted by Crippen LogP contribution is -2.07. The molecule has 0 aliphatic rings. The zero-order valence-electron chi connectivity index (χ0n) is 12.9. The average molecular weight is 289 g/mol. The monoisotopic (exact) mass is 289 g/mol. The normalized spacial score (nSPS) is 10.9. The van der Waals surface area contributed by atoms with Gasteiger partial charge in [-0.1, -0.05) is 19.4 Å². The lowest BCUT2D eigenvalue weighted by Gasteiger charge is -2.15. The number of hydrogen-bond donors (Lipinski definition) is 0. The van der Waals surface area contributed by atoms with Gasteiger partial charge in [-0.15, -0.1) is 0 Å². The summed E-state index contributed by atoms with van der Waals surface area (Å²) in [4.78, 5) is 15.7. The maximum Gasteiger partial charge on any atom is 0.308 e. The predicted octanol–water partition coefficient (Wildman–Crippen LogP) is 4.26. The standard InChI is InChI=1S/C17H20FNO2/c1-5-6-7-13-8-9-14(18)16-15(13)17(21-12(4)20)10(2)11(3)19-16/h8-9H,5-7H2,1-4H3. The minimum absolute atomic E-state index is 0.281. The van der Waals surface area contributed by atoms with Crippen molar-refractivity contribution in [3.8, 4) is 5.75 Å². The smallest absolute Gasteiger partial charge is 0.308 e. The van der Waals surface area contributed by atoms with Gasteiger partial charge >= 0.3 is 5.97 Å². The Morgan fingerprint density at radius 2 is 2.05 bits per heavy atom. The molecule has 0 radical (unpaired) electrons. The summed E-state index contributed by atoms with van der Waals surface area (Å²) in [6.45, 7) is 7.09. The Balaban J connectivity index is 2.78. The van der Waals surface area contributed by atoms with Gasteiger partial charge < -0.3 is 4.74 Å². The molecule has 0 unspecified atom stereocenters. The van der Waals surface area contributed by atoms with Crippen LogP contribution in [0.4, 0.5) is 4.39 Å². The van der Waals surface area contributed by atoms with Gasteiger partial charge in [-0.3, -0.25) is 4.79 Å². The lowest BCUT2D eigenvalue weighted by atomic mass is 9.99. The molecule has 0 atom stereocenters. The van der Waals surface area contributed by atoms with Crippen molar-refractivity contribution in [2.24, 2.45) is 0 Å². The molecule has 0 aliphatic heterocycles. The van der Waals surface area contributed by atoms with Crippen LogP contribution in [0, 0.1) is 19.7 Å². The Bertz CT molecular complexity index is 695. The van der Waals surface area contributed by atoms with Crippen molar-refractivity contribution in [1.29, 1.82) is 0 Å². The van der Waals surface area contributed by atoms with Gasteiger partial charge in [0.25, 0.3) is 0 Å². The molecule has 0 spiro atoms. The highest BCUT2D eigenvalue weighted by Crippen LogP contribution is 2.35. The van der Waals surface area contributed by atoms with Crippen LogP contribution in [-0.2, 0) is 11.2 Å². The van der Waals surface area contributed by atoms with Gasteiger partial charge in [-0.25, -0.2) is 9.37 Å². The molecule has 1 aromatic heterocycles. The van der Waals surface area contributed by atoms with Gasteiger partial charge in [0.2, 0.25) is 0 Å². The van der Waals surface area contributed by atoms with E-state index in [2.05, 4.69) is 11.9 Å². The van der Waals surface area contributed by atoms with E-state index >= 15 is 0 Å². The predicted molar refractivity (Wildman–Crippen MR) is 81.1 cm³/mol. The van der Waals surface area contributed by atoms with Crippen molar-refractivity contribution in [2.75, 3.05) is 0 Å². The highest BCUT2D eigenvalue weighted by atomic mass is 19.1. The second-order valence-corrected chi connectivity index (χ2v) is 5.28. The van der Waals surface area contributed by atoms with Crippen molar-refractivity contribution in [3.05, 3.63) is 34.8 Å². The third kappa shape index (κ3) is 3.04. The van der Waals surface area contributed by atoms with Crippen LogP contribution in [0.5, 0.6) is 5.75 Å². The summed E-state index contributed by atoms with van der Waals surface area (Å²) in [5.74, 6) is -0.354. The fourth-order valence-electron chi connectivity index (χ4n) is 2.42. The number of halogens is 1. The van der Waals surface area contributed by atoms with Crippen molar-refractivity contribution in [1.82, 2.24) is 4.98 Å². The molecule has 0 aliphatic carbocycles. The van der Waals surface area contributed by atoms with Crippen molar-refractivity contribution in [3.63, 3.8) is 0 Å². The Kier molecular flexibility index (Phi) is 4.56. The van der Waals surface area contributed by atoms with E-state index in [1.807, 2.05) is 6.92 Å². The number of carbonyl (C=O) groups excluding carboxylic acids is 1. The van der Waals surface area contributed by atoms with Crippen LogP contribution in [0.1, 0.15) is 43.5 Å². The number of aryl methyl sites for hydroxylation is 2. The second kappa shape index (κ2) is 6.20. The zero-order chi connectivity index (χ0) is 15.6. The van der Waals surface area contributed by atoms with Crippen molar-refractivity contribution < 1.29 is 13.9 Å². The van der Waals surface area contributed by atoms with Gasteiger partial charge in [0.1, 0.15) is 17.1 Å². The highest BCUT2D eigenvalue weighted by Gasteiger charge is 2.18. The van der Waals surface area contributed by atoms with Gasteiger partial charge in [-0.2, -0.15) is 0 Å². The SMILES string of the molecule is CCCCc1ccc(F)c2nc(C)c(C)c(OC(C)=O)c12. The number of esters is 1. The Morgan fingerprint density at radius 1 is 1.33 bits per heavy atom. The molecule has 0 amide bonds. The number of aromatic nitrogens is 1. The van der Waals surface area contributed by atoms with Gasteiger partial charge in [0.05, 0.1) is 0 Å². The number of nitrogens with zero attached hydrogens (tertiary/aromatic N) is 1. The first-order valence-electron chi connectivity index (χ1n) is 7.22. The van der Waals surface area contributed by atoms with E-state index in [4.69, 9.17) is 4.74 Å². The molecule has 112 valence electrons. The number of benzene rings is 1. The molecule has 0 bridgehead atoms. The zero-order valence-corrected chi connectivity index (χ0v) is 12.9. The van der Waals surface area contributed by atoms with E-state index in [0.29, 0.717) is 16.8 Å². The summed E-state index contributed by atoms with van der Waals surface area (Å²) in [6, 6.07) is 3.20. The first-order valence-corrected chi connectivity index (χ1v) is 7.22. The summed E-state index contributed by atoms with van der Waals surface area (Å²) in [7, 11) is 0. The van der Waals surface area contributed by atoms with Crippen LogP contribution in [-0.4, -0.2) is 11.0 Å². The molecule has 1 heterocycles. The molecule has 1 aromatic carbocycles. The molecule has 0 fully saturated rings. The summed E-state index contributed by atoms with van der Waals surface area (Å²) in [5, 5.41) is 0.627. The van der Waals surface area contributed by atoms with Crippen molar-refractivity contribution >= 4 is 16.9 Å². The summed E-state index contributed by atoms with van der Waals surface area (Å²) in [6.07, 6.45) is 2.85. The molecule has 0 N–H and O–H groups in total. The minimum Gasteiger partial charge on any atom is -0.426 e. The number of ether oxygens (including phenoxy) is 1. The van der Waals surface area contributed by atoms with Crippen LogP contribution in [0.3, 0.4) is 0 Å². The minimum atomic E-state index is -0.407. The van der Waals surface area contributed by atoms with E-state index in [1.165, 1.54) is 13.0 Å². The Hall–Kier alpha value is -1.97. The molecule has 21 heavy (non-hydrogen) atoms. The molecule has 4 heteroatoms. The number of carbonyl (C=O) groups is 1. The van der Waals surface area contributed by atoms with Gasteiger partial charge in [-0.05, 0) is 38.3 Å². The summed E-state index contributed by atoms with van der Waals surface area (Å²) >= 11 is 0. The largest absolute Gasteiger partial charge is 0.426 e. The first-order chi connectivity index (χ1) is 9.95.